The van der Waals surface area contributed by atoms with E-state index in [1.807, 2.05) is 4.90 Å². The third-order valence-electron chi connectivity index (χ3n) is 4.91. The average molecular weight is 297 g/mol. The number of carboxylic acid groups (broad SMARTS) is 1. The third kappa shape index (κ3) is 3.67. The molecule has 2 aliphatic heterocycles. The molecule has 0 aromatic rings. The first-order valence-electron chi connectivity index (χ1n) is 7.89. The predicted octanol–water partition coefficient (Wildman–Crippen LogP) is 1.46. The summed E-state index contributed by atoms with van der Waals surface area (Å²) in [5.41, 5.74) is 0. The first-order valence-corrected chi connectivity index (χ1v) is 7.89. The van der Waals surface area contributed by atoms with Gasteiger partial charge in [-0.15, -0.1) is 0 Å². The van der Waals surface area contributed by atoms with Crippen LogP contribution in [0.5, 0.6) is 0 Å². The molecule has 2 aliphatic rings. The summed E-state index contributed by atoms with van der Waals surface area (Å²) in [5, 5.41) is 9.04. The maximum Gasteiger partial charge on any atom is 0.320 e. The second-order valence-electron chi connectivity index (χ2n) is 6.49. The number of amides is 2. The maximum absolute atomic E-state index is 12.8. The van der Waals surface area contributed by atoms with E-state index in [4.69, 9.17) is 5.11 Å². The lowest BCUT2D eigenvalue weighted by atomic mass is 9.99. The molecule has 6 heteroatoms. The van der Waals surface area contributed by atoms with Crippen LogP contribution in [0.15, 0.2) is 0 Å². The molecule has 0 saturated carbocycles. The Morgan fingerprint density at radius 3 is 2.33 bits per heavy atom. The van der Waals surface area contributed by atoms with Crippen molar-refractivity contribution in [2.75, 3.05) is 26.7 Å². The van der Waals surface area contributed by atoms with Crippen LogP contribution in [-0.4, -0.2) is 76.6 Å². The second-order valence-corrected chi connectivity index (χ2v) is 6.49. The molecule has 3 atom stereocenters. The minimum absolute atomic E-state index is 0.0211. The van der Waals surface area contributed by atoms with Gasteiger partial charge < -0.3 is 14.9 Å². The second kappa shape index (κ2) is 6.64. The van der Waals surface area contributed by atoms with Gasteiger partial charge in [0.25, 0.3) is 0 Å². The molecule has 0 bridgehead atoms. The van der Waals surface area contributed by atoms with Gasteiger partial charge in [0.15, 0.2) is 0 Å². The summed E-state index contributed by atoms with van der Waals surface area (Å²) in [7, 11) is 2.09. The molecule has 120 valence electrons. The van der Waals surface area contributed by atoms with Crippen molar-refractivity contribution < 1.29 is 14.7 Å². The van der Waals surface area contributed by atoms with E-state index < -0.39 is 5.97 Å². The van der Waals surface area contributed by atoms with Crippen LogP contribution >= 0.6 is 0 Å². The number of urea groups is 1. The van der Waals surface area contributed by atoms with E-state index in [-0.39, 0.29) is 18.5 Å². The molecule has 0 aromatic heterocycles. The summed E-state index contributed by atoms with van der Waals surface area (Å²) in [6.07, 6.45) is 2.85. The number of carbonyl (C=O) groups is 2. The normalized spacial score (nSPS) is 31.3. The van der Waals surface area contributed by atoms with E-state index in [0.717, 1.165) is 32.4 Å². The predicted molar refractivity (Wildman–Crippen MR) is 80.3 cm³/mol. The third-order valence-corrected chi connectivity index (χ3v) is 4.91. The lowest BCUT2D eigenvalue weighted by Gasteiger charge is -2.45. The summed E-state index contributed by atoms with van der Waals surface area (Å²) in [5.74, 6) is -0.820. The molecule has 2 rings (SSSR count). The van der Waals surface area contributed by atoms with Gasteiger partial charge in [0, 0.05) is 37.8 Å². The van der Waals surface area contributed by atoms with Crippen LogP contribution in [-0.2, 0) is 4.79 Å². The van der Waals surface area contributed by atoms with Crippen LogP contribution in [0.1, 0.15) is 39.5 Å². The number of piperidine rings is 1. The van der Waals surface area contributed by atoms with Gasteiger partial charge in [0.05, 0.1) is 6.42 Å². The highest BCUT2D eigenvalue weighted by Gasteiger charge is 2.35. The van der Waals surface area contributed by atoms with Crippen molar-refractivity contribution in [2.24, 2.45) is 0 Å². The minimum Gasteiger partial charge on any atom is -0.481 e. The van der Waals surface area contributed by atoms with Crippen LogP contribution in [0, 0.1) is 0 Å². The number of nitrogens with zero attached hydrogens (tertiary/aromatic N) is 3. The highest BCUT2D eigenvalue weighted by Crippen LogP contribution is 2.23. The van der Waals surface area contributed by atoms with Gasteiger partial charge in [-0.25, -0.2) is 4.79 Å². The number of carboxylic acids is 1. The van der Waals surface area contributed by atoms with E-state index in [1.54, 1.807) is 4.90 Å². The minimum atomic E-state index is -0.820. The van der Waals surface area contributed by atoms with Crippen molar-refractivity contribution >= 4 is 12.0 Å². The number of aliphatic carboxylic acids is 1. The number of rotatable bonds is 2. The molecule has 0 spiro atoms. The van der Waals surface area contributed by atoms with E-state index in [1.165, 1.54) is 0 Å². The molecule has 1 N–H and O–H groups in total. The lowest BCUT2D eigenvalue weighted by Crippen LogP contribution is -2.60. The molecule has 2 amide bonds. The molecular weight excluding hydrogens is 270 g/mol. The molecule has 0 aliphatic carbocycles. The molecule has 2 heterocycles. The first-order chi connectivity index (χ1) is 9.90. The van der Waals surface area contributed by atoms with Gasteiger partial charge in [0.2, 0.25) is 0 Å². The van der Waals surface area contributed by atoms with E-state index in [0.29, 0.717) is 18.6 Å². The van der Waals surface area contributed by atoms with Crippen LogP contribution in [0.4, 0.5) is 4.79 Å². The van der Waals surface area contributed by atoms with Crippen molar-refractivity contribution in [1.29, 1.82) is 0 Å². The van der Waals surface area contributed by atoms with Crippen LogP contribution < -0.4 is 0 Å². The van der Waals surface area contributed by atoms with Crippen molar-refractivity contribution in [3.63, 3.8) is 0 Å². The Morgan fingerprint density at radius 2 is 1.76 bits per heavy atom. The summed E-state index contributed by atoms with van der Waals surface area (Å²) in [6, 6.07) is 0.544. The number of hydrogen-bond acceptors (Lipinski definition) is 3. The van der Waals surface area contributed by atoms with Crippen molar-refractivity contribution in [1.82, 2.24) is 14.7 Å². The fraction of sp³-hybridized carbons (Fsp3) is 0.867. The molecule has 0 aromatic carbocycles. The highest BCUT2D eigenvalue weighted by molar-refractivity contribution is 5.76. The molecular formula is C15H27N3O3. The molecule has 3 unspecified atom stereocenters. The molecule has 2 fully saturated rings. The zero-order valence-corrected chi connectivity index (χ0v) is 13.3. The zero-order chi connectivity index (χ0) is 15.6. The van der Waals surface area contributed by atoms with Gasteiger partial charge in [0.1, 0.15) is 0 Å². The Hall–Kier alpha value is -1.30. The van der Waals surface area contributed by atoms with Gasteiger partial charge in [-0.2, -0.15) is 0 Å². The van der Waals surface area contributed by atoms with E-state index >= 15 is 0 Å². The van der Waals surface area contributed by atoms with Crippen LogP contribution in [0.3, 0.4) is 0 Å². The smallest absolute Gasteiger partial charge is 0.320 e. The Morgan fingerprint density at radius 1 is 1.14 bits per heavy atom. The van der Waals surface area contributed by atoms with Gasteiger partial charge >= 0.3 is 12.0 Å². The largest absolute Gasteiger partial charge is 0.481 e. The summed E-state index contributed by atoms with van der Waals surface area (Å²) >= 11 is 0. The van der Waals surface area contributed by atoms with Crippen molar-refractivity contribution in [3.8, 4) is 0 Å². The number of likely N-dealkylation sites (N-methyl/N-ethyl adjacent to an activating group) is 1. The van der Waals surface area contributed by atoms with E-state index in [9.17, 15) is 9.59 Å². The number of hydrogen-bond donors (Lipinski definition) is 1. The van der Waals surface area contributed by atoms with Crippen molar-refractivity contribution in [2.45, 2.75) is 57.7 Å². The topological polar surface area (TPSA) is 64.1 Å². The van der Waals surface area contributed by atoms with Gasteiger partial charge in [-0.05, 0) is 40.2 Å². The summed E-state index contributed by atoms with van der Waals surface area (Å²) in [6.45, 7) is 6.37. The van der Waals surface area contributed by atoms with Gasteiger partial charge in [-0.3, -0.25) is 9.69 Å². The van der Waals surface area contributed by atoms with Crippen molar-refractivity contribution in [3.05, 3.63) is 0 Å². The lowest BCUT2D eigenvalue weighted by molar-refractivity contribution is -0.138. The first kappa shape index (κ1) is 16.1. The van der Waals surface area contributed by atoms with E-state index in [2.05, 4.69) is 25.8 Å². The zero-order valence-electron chi connectivity index (χ0n) is 13.3. The SMILES string of the molecule is CC1CN(C(=O)N2CCCCC2CC(=O)O)CC(C)N1C. The van der Waals surface area contributed by atoms with Crippen LogP contribution in [0.2, 0.25) is 0 Å². The highest BCUT2D eigenvalue weighted by atomic mass is 16.4. The van der Waals surface area contributed by atoms with Gasteiger partial charge in [-0.1, -0.05) is 0 Å². The standard InChI is InChI=1S/C15H27N3O3/c1-11-9-17(10-12(2)16(11)3)15(21)18-7-5-4-6-13(18)8-14(19)20/h11-13H,4-10H2,1-3H3,(H,19,20). The fourth-order valence-corrected chi connectivity index (χ4v) is 3.41. The van der Waals surface area contributed by atoms with Crippen LogP contribution in [0.25, 0.3) is 0 Å². The Kier molecular flexibility index (Phi) is 5.08. The monoisotopic (exact) mass is 297 g/mol. The average Bonchev–Trinajstić information content (AvgIpc) is 2.43. The number of carbonyl (C=O) groups excluding carboxylic acids is 1. The fourth-order valence-electron chi connectivity index (χ4n) is 3.41. The quantitative estimate of drug-likeness (QED) is 0.838. The Labute approximate surface area is 126 Å². The number of piperazine rings is 1. The Balaban J connectivity index is 2.04. The summed E-state index contributed by atoms with van der Waals surface area (Å²) in [4.78, 5) is 29.8. The molecule has 6 nitrogen and oxygen atoms in total. The Bertz CT molecular complexity index is 390. The number of likely N-dealkylation sites (tertiary alicyclic amines) is 1. The summed E-state index contributed by atoms with van der Waals surface area (Å²) < 4.78 is 0. The maximum atomic E-state index is 12.8. The molecule has 0 radical (unpaired) electrons. The molecule has 2 saturated heterocycles. The molecule has 21 heavy (non-hydrogen) atoms.